The summed E-state index contributed by atoms with van der Waals surface area (Å²) >= 11 is 0. The zero-order chi connectivity index (χ0) is 12.8. The molecule has 0 aliphatic rings. The van der Waals surface area contributed by atoms with Crippen molar-refractivity contribution in [3.8, 4) is 0 Å². The Bertz CT molecular complexity index is 379. The first-order valence-electron chi connectivity index (χ1n) is 5.76. The highest BCUT2D eigenvalue weighted by molar-refractivity contribution is 5.78. The van der Waals surface area contributed by atoms with Gasteiger partial charge in [-0.15, -0.1) is 0 Å². The van der Waals surface area contributed by atoms with Gasteiger partial charge in [0, 0.05) is 12.1 Å². The number of halogens is 1. The first-order valence-corrected chi connectivity index (χ1v) is 5.76. The van der Waals surface area contributed by atoms with Gasteiger partial charge < -0.3 is 11.1 Å². The molecule has 1 rings (SSSR count). The molecular formula is C13H19FN2O. The van der Waals surface area contributed by atoms with Crippen molar-refractivity contribution in [1.82, 2.24) is 5.32 Å². The third-order valence-corrected chi connectivity index (χ3v) is 2.39. The smallest absolute Gasteiger partial charge is 0.224 e. The molecule has 1 aromatic carbocycles. The molecule has 17 heavy (non-hydrogen) atoms. The second-order valence-corrected chi connectivity index (χ2v) is 4.49. The highest BCUT2D eigenvalue weighted by Crippen LogP contribution is 2.04. The number of carbonyl (C=O) groups is 1. The number of hydrogen-bond acceptors (Lipinski definition) is 2. The van der Waals surface area contributed by atoms with E-state index < -0.39 is 0 Å². The molecule has 1 amide bonds. The maximum Gasteiger partial charge on any atom is 0.224 e. The fourth-order valence-electron chi connectivity index (χ4n) is 1.77. The quantitative estimate of drug-likeness (QED) is 0.818. The van der Waals surface area contributed by atoms with Gasteiger partial charge in [-0.3, -0.25) is 4.79 Å². The zero-order valence-electron chi connectivity index (χ0n) is 10.2. The zero-order valence-corrected chi connectivity index (χ0v) is 10.2. The maximum atomic E-state index is 12.9. The van der Waals surface area contributed by atoms with Crippen LogP contribution in [0.25, 0.3) is 0 Å². The monoisotopic (exact) mass is 238 g/mol. The Balaban J connectivity index is 2.44. The van der Waals surface area contributed by atoms with Gasteiger partial charge in [-0.25, -0.2) is 4.39 Å². The summed E-state index contributed by atoms with van der Waals surface area (Å²) < 4.78 is 12.9. The molecule has 2 unspecified atom stereocenters. The van der Waals surface area contributed by atoms with E-state index >= 15 is 0 Å². The van der Waals surface area contributed by atoms with Gasteiger partial charge in [0.25, 0.3) is 0 Å². The maximum absolute atomic E-state index is 12.9. The molecule has 0 fully saturated rings. The summed E-state index contributed by atoms with van der Waals surface area (Å²) in [5, 5.41) is 2.84. The normalized spacial score (nSPS) is 14.1. The molecule has 0 aliphatic heterocycles. The summed E-state index contributed by atoms with van der Waals surface area (Å²) in [6.45, 7) is 3.81. The van der Waals surface area contributed by atoms with Crippen molar-refractivity contribution in [2.24, 2.45) is 5.73 Å². The molecule has 3 N–H and O–H groups in total. The molecule has 0 aromatic heterocycles. The molecule has 0 heterocycles. The third kappa shape index (κ3) is 5.45. The van der Waals surface area contributed by atoms with Gasteiger partial charge in [-0.05, 0) is 38.0 Å². The molecule has 0 radical (unpaired) electrons. The van der Waals surface area contributed by atoms with Crippen molar-refractivity contribution in [1.29, 1.82) is 0 Å². The van der Waals surface area contributed by atoms with Crippen LogP contribution in [0.3, 0.4) is 0 Å². The SMILES string of the molecule is CC(N)CC(C)NC(=O)Cc1cccc(F)c1. The summed E-state index contributed by atoms with van der Waals surface area (Å²) in [6.07, 6.45) is 0.927. The number of hydrogen-bond donors (Lipinski definition) is 2. The van der Waals surface area contributed by atoms with Crippen molar-refractivity contribution >= 4 is 5.91 Å². The molecule has 1 aromatic rings. The number of nitrogens with two attached hydrogens (primary N) is 1. The Labute approximate surface area is 101 Å². The molecule has 94 valence electrons. The first-order chi connectivity index (χ1) is 7.97. The number of nitrogens with one attached hydrogen (secondary N) is 1. The van der Waals surface area contributed by atoms with Crippen LogP contribution in [0.2, 0.25) is 0 Å². The molecule has 0 bridgehead atoms. The van der Waals surface area contributed by atoms with Gasteiger partial charge in [0.15, 0.2) is 0 Å². The molecule has 3 nitrogen and oxygen atoms in total. The Morgan fingerprint density at radius 2 is 2.18 bits per heavy atom. The van der Waals surface area contributed by atoms with E-state index in [2.05, 4.69) is 5.32 Å². The molecule has 4 heteroatoms. The van der Waals surface area contributed by atoms with E-state index in [1.165, 1.54) is 12.1 Å². The third-order valence-electron chi connectivity index (χ3n) is 2.39. The lowest BCUT2D eigenvalue weighted by Crippen LogP contribution is -2.37. The minimum Gasteiger partial charge on any atom is -0.353 e. The Morgan fingerprint density at radius 3 is 2.76 bits per heavy atom. The standard InChI is InChI=1S/C13H19FN2O/c1-9(15)6-10(2)16-13(17)8-11-4-3-5-12(14)7-11/h3-5,7,9-10H,6,8,15H2,1-2H3,(H,16,17). The number of carbonyl (C=O) groups excluding carboxylic acids is 1. The average molecular weight is 238 g/mol. The fourth-order valence-corrected chi connectivity index (χ4v) is 1.77. The van der Waals surface area contributed by atoms with Crippen LogP contribution >= 0.6 is 0 Å². The summed E-state index contributed by atoms with van der Waals surface area (Å²) in [4.78, 5) is 11.6. The predicted molar refractivity (Wildman–Crippen MR) is 66.0 cm³/mol. The lowest BCUT2D eigenvalue weighted by Gasteiger charge is -2.15. The van der Waals surface area contributed by atoms with Gasteiger partial charge in [-0.1, -0.05) is 12.1 Å². The largest absolute Gasteiger partial charge is 0.353 e. The summed E-state index contributed by atoms with van der Waals surface area (Å²) in [7, 11) is 0. The topological polar surface area (TPSA) is 55.1 Å². The van der Waals surface area contributed by atoms with E-state index in [0.29, 0.717) is 5.56 Å². The average Bonchev–Trinajstić information content (AvgIpc) is 2.14. The second kappa shape index (κ2) is 6.35. The highest BCUT2D eigenvalue weighted by Gasteiger charge is 2.10. The minimum absolute atomic E-state index is 0.0380. The van der Waals surface area contributed by atoms with E-state index in [9.17, 15) is 9.18 Å². The fraction of sp³-hybridized carbons (Fsp3) is 0.462. The van der Waals surface area contributed by atoms with Crippen molar-refractivity contribution < 1.29 is 9.18 Å². The highest BCUT2D eigenvalue weighted by atomic mass is 19.1. The summed E-state index contributed by atoms with van der Waals surface area (Å²) in [5.41, 5.74) is 6.32. The predicted octanol–water partition coefficient (Wildman–Crippen LogP) is 1.61. The van der Waals surface area contributed by atoms with Gasteiger partial charge in [0.05, 0.1) is 6.42 Å². The van der Waals surface area contributed by atoms with Crippen LogP contribution in [0, 0.1) is 5.82 Å². The van der Waals surface area contributed by atoms with E-state index in [0.717, 1.165) is 6.42 Å². The van der Waals surface area contributed by atoms with Gasteiger partial charge >= 0.3 is 0 Å². The van der Waals surface area contributed by atoms with E-state index in [1.54, 1.807) is 12.1 Å². The van der Waals surface area contributed by atoms with Crippen molar-refractivity contribution in [2.45, 2.75) is 38.8 Å². The van der Waals surface area contributed by atoms with E-state index in [1.807, 2.05) is 13.8 Å². The van der Waals surface area contributed by atoms with Gasteiger partial charge in [-0.2, -0.15) is 0 Å². The first kappa shape index (κ1) is 13.6. The summed E-state index contributed by atoms with van der Waals surface area (Å²) in [6, 6.07) is 6.16. The van der Waals surface area contributed by atoms with Gasteiger partial charge in [0.2, 0.25) is 5.91 Å². The minimum atomic E-state index is -0.320. The van der Waals surface area contributed by atoms with Gasteiger partial charge in [0.1, 0.15) is 5.82 Å². The van der Waals surface area contributed by atoms with Crippen molar-refractivity contribution in [3.63, 3.8) is 0 Å². The van der Waals surface area contributed by atoms with E-state index in [-0.39, 0.29) is 30.2 Å². The molecule has 0 saturated heterocycles. The summed E-state index contributed by atoms with van der Waals surface area (Å²) in [5.74, 6) is -0.428. The van der Waals surface area contributed by atoms with Crippen LogP contribution in [0.4, 0.5) is 4.39 Å². The molecule has 0 spiro atoms. The number of amides is 1. The molecule has 2 atom stereocenters. The van der Waals surface area contributed by atoms with E-state index in [4.69, 9.17) is 5.73 Å². The van der Waals surface area contributed by atoms with Crippen LogP contribution < -0.4 is 11.1 Å². The lowest BCUT2D eigenvalue weighted by atomic mass is 10.1. The molecular weight excluding hydrogens is 219 g/mol. The molecule has 0 saturated carbocycles. The Morgan fingerprint density at radius 1 is 1.47 bits per heavy atom. The lowest BCUT2D eigenvalue weighted by molar-refractivity contribution is -0.121. The Kier molecular flexibility index (Phi) is 5.10. The second-order valence-electron chi connectivity index (χ2n) is 4.49. The van der Waals surface area contributed by atoms with Crippen LogP contribution in [0.15, 0.2) is 24.3 Å². The van der Waals surface area contributed by atoms with Crippen LogP contribution in [-0.4, -0.2) is 18.0 Å². The number of rotatable bonds is 5. The van der Waals surface area contributed by atoms with Crippen LogP contribution in [-0.2, 0) is 11.2 Å². The van der Waals surface area contributed by atoms with Crippen molar-refractivity contribution in [2.75, 3.05) is 0 Å². The Hall–Kier alpha value is -1.42. The number of benzene rings is 1. The van der Waals surface area contributed by atoms with Crippen LogP contribution in [0.5, 0.6) is 0 Å². The van der Waals surface area contributed by atoms with Crippen molar-refractivity contribution in [3.05, 3.63) is 35.6 Å². The molecule has 0 aliphatic carbocycles. The van der Waals surface area contributed by atoms with Crippen LogP contribution in [0.1, 0.15) is 25.8 Å².